The molecule has 8 heteroatoms. The Hall–Kier alpha value is -2.06. The number of nitrogens with zero attached hydrogens (tertiary/aromatic N) is 1. The van der Waals surface area contributed by atoms with Gasteiger partial charge in [0.05, 0.1) is 4.90 Å². The number of rotatable bonds is 4. The van der Waals surface area contributed by atoms with Gasteiger partial charge in [0, 0.05) is 11.1 Å². The molecule has 1 heterocycles. The molecule has 0 atom stereocenters. The summed E-state index contributed by atoms with van der Waals surface area (Å²) >= 11 is 0.845. The second-order valence-corrected chi connectivity index (χ2v) is 6.40. The molecule has 1 aromatic carbocycles. The zero-order valence-corrected chi connectivity index (χ0v) is 11.8. The van der Waals surface area contributed by atoms with Crippen molar-refractivity contribution >= 4 is 27.8 Å². The van der Waals surface area contributed by atoms with Crippen LogP contribution in [0.4, 0.5) is 4.79 Å². The topological polar surface area (TPSA) is 102 Å². The van der Waals surface area contributed by atoms with Crippen LogP contribution in [0.5, 0.6) is 0 Å². The minimum atomic E-state index is -3.74. The second kappa shape index (κ2) is 5.93. The zero-order valence-electron chi connectivity index (χ0n) is 10.2. The third kappa shape index (κ3) is 3.09. The highest BCUT2D eigenvalue weighted by Crippen LogP contribution is 2.28. The zero-order chi connectivity index (χ0) is 14.6. The Balaban J connectivity index is 2.45. The van der Waals surface area contributed by atoms with Gasteiger partial charge in [-0.2, -0.15) is 0 Å². The maximum Gasteiger partial charge on any atom is 0.322 e. The summed E-state index contributed by atoms with van der Waals surface area (Å²) in [5.74, 6) is 0. The normalized spacial score (nSPS) is 11.0. The van der Waals surface area contributed by atoms with E-state index in [0.717, 1.165) is 11.9 Å². The number of pyridine rings is 1. The van der Waals surface area contributed by atoms with Crippen LogP contribution < -0.4 is 10.5 Å². The van der Waals surface area contributed by atoms with Crippen LogP contribution in [0.2, 0.25) is 0 Å². The average molecular weight is 309 g/mol. The average Bonchev–Trinajstić information content (AvgIpc) is 2.46. The van der Waals surface area contributed by atoms with Crippen molar-refractivity contribution in [2.75, 3.05) is 0 Å². The van der Waals surface area contributed by atoms with Gasteiger partial charge in [0.2, 0.25) is 9.84 Å². The molecule has 104 valence electrons. The van der Waals surface area contributed by atoms with Crippen molar-refractivity contribution in [2.24, 2.45) is 5.73 Å². The predicted molar refractivity (Wildman–Crippen MR) is 74.7 cm³/mol. The summed E-state index contributed by atoms with van der Waals surface area (Å²) in [5, 5.41) is -0.0490. The fraction of sp³-hybridized carbons (Fsp3) is 0. The van der Waals surface area contributed by atoms with Crippen molar-refractivity contribution in [1.29, 1.82) is 0 Å². The van der Waals surface area contributed by atoms with Crippen molar-refractivity contribution in [3.05, 3.63) is 48.7 Å². The molecule has 0 radical (unpaired) electrons. The summed E-state index contributed by atoms with van der Waals surface area (Å²) in [6.07, 6.45) is 1.41. The van der Waals surface area contributed by atoms with E-state index in [1.807, 2.05) is 0 Å². The molecule has 0 aliphatic rings. The van der Waals surface area contributed by atoms with Crippen molar-refractivity contribution in [3.8, 4) is 0 Å². The van der Waals surface area contributed by atoms with Crippen molar-refractivity contribution in [1.82, 2.24) is 9.71 Å². The van der Waals surface area contributed by atoms with E-state index in [0.29, 0.717) is 4.90 Å². The Kier molecular flexibility index (Phi) is 4.26. The molecule has 0 aliphatic heterocycles. The first-order valence-electron chi connectivity index (χ1n) is 5.49. The van der Waals surface area contributed by atoms with E-state index in [1.165, 1.54) is 18.3 Å². The summed E-state index contributed by atoms with van der Waals surface area (Å²) < 4.78 is 27.3. The van der Waals surface area contributed by atoms with Gasteiger partial charge in [-0.3, -0.25) is 4.72 Å². The van der Waals surface area contributed by atoms with E-state index in [2.05, 4.69) is 9.71 Å². The standard InChI is InChI=1S/C12H11N3O3S2/c13-12(16)15-19-9-5-1-2-6-10(9)20(17,18)11-7-3-4-8-14-11/h1-8H,(H3,13,15,16). The van der Waals surface area contributed by atoms with Crippen LogP contribution in [0.3, 0.4) is 0 Å². The number of sulfone groups is 1. The summed E-state index contributed by atoms with van der Waals surface area (Å²) in [5.41, 5.74) is 4.98. The first-order valence-corrected chi connectivity index (χ1v) is 7.79. The molecule has 6 nitrogen and oxygen atoms in total. The van der Waals surface area contributed by atoms with Crippen LogP contribution in [0.25, 0.3) is 0 Å². The maximum absolute atomic E-state index is 12.5. The summed E-state index contributed by atoms with van der Waals surface area (Å²) in [6.45, 7) is 0. The molecule has 0 spiro atoms. The third-order valence-corrected chi connectivity index (χ3v) is 5.05. The molecular weight excluding hydrogens is 298 g/mol. The smallest absolute Gasteiger partial charge is 0.322 e. The molecule has 0 bridgehead atoms. The van der Waals surface area contributed by atoms with Gasteiger partial charge in [-0.15, -0.1) is 0 Å². The minimum Gasteiger partial charge on any atom is -0.351 e. The van der Waals surface area contributed by atoms with Crippen LogP contribution in [0.1, 0.15) is 0 Å². The van der Waals surface area contributed by atoms with Crippen LogP contribution in [0.15, 0.2) is 63.5 Å². The molecule has 0 aliphatic carbocycles. The lowest BCUT2D eigenvalue weighted by atomic mass is 10.4. The molecule has 0 saturated heterocycles. The maximum atomic E-state index is 12.5. The van der Waals surface area contributed by atoms with Gasteiger partial charge in [-0.1, -0.05) is 18.2 Å². The summed E-state index contributed by atoms with van der Waals surface area (Å²) in [7, 11) is -3.74. The molecule has 3 N–H and O–H groups in total. The van der Waals surface area contributed by atoms with Crippen molar-refractivity contribution in [3.63, 3.8) is 0 Å². The highest BCUT2D eigenvalue weighted by atomic mass is 32.2. The monoisotopic (exact) mass is 309 g/mol. The summed E-state index contributed by atoms with van der Waals surface area (Å²) in [4.78, 5) is 15.0. The van der Waals surface area contributed by atoms with Gasteiger partial charge in [0.15, 0.2) is 5.03 Å². The van der Waals surface area contributed by atoms with Crippen LogP contribution in [-0.4, -0.2) is 19.4 Å². The van der Waals surface area contributed by atoms with Gasteiger partial charge >= 0.3 is 6.03 Å². The molecule has 0 unspecified atom stereocenters. The van der Waals surface area contributed by atoms with E-state index in [1.54, 1.807) is 30.3 Å². The first kappa shape index (κ1) is 14.4. The highest BCUT2D eigenvalue weighted by molar-refractivity contribution is 7.99. The molecule has 0 saturated carbocycles. The van der Waals surface area contributed by atoms with Crippen LogP contribution in [0, 0.1) is 0 Å². The largest absolute Gasteiger partial charge is 0.351 e. The lowest BCUT2D eigenvalue weighted by Gasteiger charge is -2.09. The fourth-order valence-electron chi connectivity index (χ4n) is 1.48. The Morgan fingerprint density at radius 2 is 1.85 bits per heavy atom. The quantitative estimate of drug-likeness (QED) is 0.835. The highest BCUT2D eigenvalue weighted by Gasteiger charge is 2.22. The number of aromatic nitrogens is 1. The number of hydrogen-bond acceptors (Lipinski definition) is 5. The SMILES string of the molecule is NC(=O)NSc1ccccc1S(=O)(=O)c1ccccn1. The van der Waals surface area contributed by atoms with E-state index < -0.39 is 15.9 Å². The van der Waals surface area contributed by atoms with E-state index in [4.69, 9.17) is 5.73 Å². The van der Waals surface area contributed by atoms with Gasteiger partial charge in [-0.05, 0) is 36.2 Å². The Labute approximate surface area is 120 Å². The van der Waals surface area contributed by atoms with Crippen molar-refractivity contribution < 1.29 is 13.2 Å². The lowest BCUT2D eigenvalue weighted by Crippen LogP contribution is -2.23. The molecular formula is C12H11N3O3S2. The van der Waals surface area contributed by atoms with Gasteiger partial charge in [0.25, 0.3) is 0 Å². The number of benzene rings is 1. The first-order chi connectivity index (χ1) is 9.51. The molecule has 2 aromatic rings. The fourth-order valence-corrected chi connectivity index (χ4v) is 3.73. The Morgan fingerprint density at radius 1 is 1.15 bits per heavy atom. The number of carbonyl (C=O) groups excluding carboxylic acids is 1. The predicted octanol–water partition coefficient (Wildman–Crippen LogP) is 1.59. The minimum absolute atomic E-state index is 0.0490. The van der Waals surface area contributed by atoms with Gasteiger partial charge in [0.1, 0.15) is 0 Å². The van der Waals surface area contributed by atoms with Gasteiger partial charge < -0.3 is 5.73 Å². The molecule has 0 fully saturated rings. The number of carbonyl (C=O) groups is 1. The number of nitrogens with one attached hydrogen (secondary N) is 1. The van der Waals surface area contributed by atoms with E-state index >= 15 is 0 Å². The number of amides is 2. The van der Waals surface area contributed by atoms with E-state index in [9.17, 15) is 13.2 Å². The number of hydrogen-bond donors (Lipinski definition) is 2. The lowest BCUT2D eigenvalue weighted by molar-refractivity contribution is 0.254. The van der Waals surface area contributed by atoms with Gasteiger partial charge in [-0.25, -0.2) is 18.2 Å². The number of primary amides is 1. The Bertz CT molecular complexity index is 718. The van der Waals surface area contributed by atoms with Crippen LogP contribution in [-0.2, 0) is 9.84 Å². The second-order valence-electron chi connectivity index (χ2n) is 3.69. The molecule has 20 heavy (non-hydrogen) atoms. The molecule has 2 amide bonds. The van der Waals surface area contributed by atoms with E-state index in [-0.39, 0.29) is 9.92 Å². The number of nitrogens with two attached hydrogens (primary N) is 1. The molecule has 1 aromatic heterocycles. The summed E-state index contributed by atoms with van der Waals surface area (Å²) in [6, 6.07) is 10.2. The third-order valence-electron chi connectivity index (χ3n) is 2.31. The van der Waals surface area contributed by atoms with Crippen molar-refractivity contribution in [2.45, 2.75) is 14.8 Å². The molecule has 2 rings (SSSR count). The number of urea groups is 1. The Morgan fingerprint density at radius 3 is 2.50 bits per heavy atom. The van der Waals surface area contributed by atoms with Crippen LogP contribution >= 0.6 is 11.9 Å².